The number of hydrogen-bond acceptors (Lipinski definition) is 4. The zero-order valence-corrected chi connectivity index (χ0v) is 9.92. The van der Waals surface area contributed by atoms with Crippen LogP contribution in [0.2, 0.25) is 0 Å². The van der Waals surface area contributed by atoms with E-state index in [1.165, 1.54) is 6.08 Å². The molecular weight excluding hydrogens is 226 g/mol. The Labute approximate surface area is 104 Å². The highest BCUT2D eigenvalue weighted by molar-refractivity contribution is 5.84. The maximum atomic E-state index is 5.00. The molecule has 1 aromatic carbocycles. The maximum absolute atomic E-state index is 5.00. The second kappa shape index (κ2) is 4.07. The highest BCUT2D eigenvalue weighted by Gasteiger charge is 2.10. The van der Waals surface area contributed by atoms with Crippen LogP contribution in [0.25, 0.3) is 28.5 Å². The van der Waals surface area contributed by atoms with E-state index in [2.05, 4.69) is 21.7 Å². The average molecular weight is 237 g/mol. The van der Waals surface area contributed by atoms with Gasteiger partial charge < -0.3 is 4.52 Å². The van der Waals surface area contributed by atoms with Gasteiger partial charge in [0.15, 0.2) is 0 Å². The first-order chi connectivity index (χ1) is 8.78. The predicted molar refractivity (Wildman–Crippen MR) is 69.9 cm³/mol. The van der Waals surface area contributed by atoms with E-state index in [1.54, 1.807) is 0 Å². The van der Waals surface area contributed by atoms with Crippen LogP contribution in [0.1, 0.15) is 11.5 Å². The third-order valence-electron chi connectivity index (χ3n) is 2.77. The summed E-state index contributed by atoms with van der Waals surface area (Å²) in [7, 11) is 0. The van der Waals surface area contributed by atoms with Crippen LogP contribution in [-0.2, 0) is 0 Å². The summed E-state index contributed by atoms with van der Waals surface area (Å²) < 4.78 is 5.00. The van der Waals surface area contributed by atoms with Gasteiger partial charge in [-0.05, 0) is 30.7 Å². The van der Waals surface area contributed by atoms with Crippen molar-refractivity contribution in [2.45, 2.75) is 6.92 Å². The zero-order chi connectivity index (χ0) is 12.5. The number of hydrogen-bond donors (Lipinski definition) is 0. The van der Waals surface area contributed by atoms with Crippen molar-refractivity contribution in [2.75, 3.05) is 0 Å². The van der Waals surface area contributed by atoms with Gasteiger partial charge in [-0.25, -0.2) is 4.98 Å². The summed E-state index contributed by atoms with van der Waals surface area (Å²) in [4.78, 5) is 8.72. The molecule has 0 spiro atoms. The molecule has 4 nitrogen and oxygen atoms in total. The Morgan fingerprint density at radius 3 is 2.83 bits per heavy atom. The van der Waals surface area contributed by atoms with Crippen molar-refractivity contribution in [1.82, 2.24) is 15.1 Å². The average Bonchev–Trinajstić information content (AvgIpc) is 2.87. The van der Waals surface area contributed by atoms with Gasteiger partial charge in [0, 0.05) is 5.39 Å². The molecule has 3 aromatic rings. The van der Waals surface area contributed by atoms with Crippen LogP contribution in [0.5, 0.6) is 0 Å². The summed E-state index contributed by atoms with van der Waals surface area (Å²) in [6, 6.07) is 9.94. The molecule has 0 amide bonds. The van der Waals surface area contributed by atoms with Crippen LogP contribution in [0.4, 0.5) is 0 Å². The standard InChI is InChI=1S/C14H11N3O/c1-3-13-16-14(17-18-13)12-8-9(2)10-6-4-5-7-11(10)15-12/h3-8H,1H2,2H3. The molecule has 0 unspecified atom stereocenters. The Hall–Kier alpha value is -2.49. The quantitative estimate of drug-likeness (QED) is 0.686. The Balaban J connectivity index is 2.20. The Bertz CT molecular complexity index is 731. The van der Waals surface area contributed by atoms with Crippen molar-refractivity contribution in [2.24, 2.45) is 0 Å². The second-order valence-electron chi connectivity index (χ2n) is 4.00. The molecular formula is C14H11N3O. The molecule has 3 rings (SSSR count). The molecule has 0 aliphatic rings. The highest BCUT2D eigenvalue weighted by Crippen LogP contribution is 2.22. The van der Waals surface area contributed by atoms with Crippen LogP contribution < -0.4 is 0 Å². The highest BCUT2D eigenvalue weighted by atomic mass is 16.5. The van der Waals surface area contributed by atoms with Crippen LogP contribution in [0.15, 0.2) is 41.4 Å². The fraction of sp³-hybridized carbons (Fsp3) is 0.0714. The van der Waals surface area contributed by atoms with Gasteiger partial charge in [0.05, 0.1) is 5.52 Å². The normalized spacial score (nSPS) is 10.7. The number of aryl methyl sites for hydroxylation is 1. The van der Waals surface area contributed by atoms with Crippen molar-refractivity contribution in [3.63, 3.8) is 0 Å². The molecule has 0 saturated carbocycles. The van der Waals surface area contributed by atoms with Crippen molar-refractivity contribution >= 4 is 17.0 Å². The van der Waals surface area contributed by atoms with Gasteiger partial charge >= 0.3 is 0 Å². The third-order valence-corrected chi connectivity index (χ3v) is 2.77. The van der Waals surface area contributed by atoms with Gasteiger partial charge in [-0.1, -0.05) is 29.9 Å². The molecule has 0 radical (unpaired) electrons. The third kappa shape index (κ3) is 1.68. The molecule has 2 aromatic heterocycles. The molecule has 0 N–H and O–H groups in total. The fourth-order valence-electron chi connectivity index (χ4n) is 1.89. The van der Waals surface area contributed by atoms with Gasteiger partial charge in [0.1, 0.15) is 5.69 Å². The molecule has 0 aliphatic heterocycles. The summed E-state index contributed by atoms with van der Waals surface area (Å²) in [6.07, 6.45) is 1.52. The van der Waals surface area contributed by atoms with Crippen molar-refractivity contribution in [3.8, 4) is 11.5 Å². The first-order valence-corrected chi connectivity index (χ1v) is 5.61. The molecule has 0 saturated heterocycles. The van der Waals surface area contributed by atoms with E-state index in [0.717, 1.165) is 16.5 Å². The van der Waals surface area contributed by atoms with Crippen LogP contribution in [0.3, 0.4) is 0 Å². The van der Waals surface area contributed by atoms with Gasteiger partial charge in [-0.15, -0.1) is 0 Å². The van der Waals surface area contributed by atoms with E-state index >= 15 is 0 Å². The predicted octanol–water partition coefficient (Wildman–Crippen LogP) is 3.24. The van der Waals surface area contributed by atoms with Gasteiger partial charge in [-0.2, -0.15) is 4.98 Å². The minimum Gasteiger partial charge on any atom is -0.334 e. The summed E-state index contributed by atoms with van der Waals surface area (Å²) in [5, 5.41) is 5.02. The van der Waals surface area contributed by atoms with E-state index in [-0.39, 0.29) is 0 Å². The maximum Gasteiger partial charge on any atom is 0.250 e. The molecule has 0 fully saturated rings. The van der Waals surface area contributed by atoms with Crippen molar-refractivity contribution in [1.29, 1.82) is 0 Å². The Morgan fingerprint density at radius 2 is 2.06 bits per heavy atom. The number of benzene rings is 1. The van der Waals surface area contributed by atoms with E-state index < -0.39 is 0 Å². The fourth-order valence-corrected chi connectivity index (χ4v) is 1.89. The summed E-state index contributed by atoms with van der Waals surface area (Å²) >= 11 is 0. The molecule has 2 heterocycles. The number of aromatic nitrogens is 3. The minimum absolute atomic E-state index is 0.401. The molecule has 0 bridgehead atoms. The lowest BCUT2D eigenvalue weighted by molar-refractivity contribution is 0.411. The molecule has 0 atom stereocenters. The van der Waals surface area contributed by atoms with E-state index in [4.69, 9.17) is 4.52 Å². The van der Waals surface area contributed by atoms with Crippen molar-refractivity contribution < 1.29 is 4.52 Å². The van der Waals surface area contributed by atoms with E-state index in [1.807, 2.05) is 37.3 Å². The lowest BCUT2D eigenvalue weighted by atomic mass is 10.1. The van der Waals surface area contributed by atoms with Crippen LogP contribution in [0, 0.1) is 6.92 Å². The number of pyridine rings is 1. The lowest BCUT2D eigenvalue weighted by Crippen LogP contribution is -1.90. The number of para-hydroxylation sites is 1. The molecule has 0 aliphatic carbocycles. The molecule has 18 heavy (non-hydrogen) atoms. The zero-order valence-electron chi connectivity index (χ0n) is 9.92. The SMILES string of the molecule is C=Cc1nc(-c2cc(C)c3ccccc3n2)no1. The van der Waals surface area contributed by atoms with Crippen LogP contribution in [-0.4, -0.2) is 15.1 Å². The first-order valence-electron chi connectivity index (χ1n) is 5.61. The molecule has 4 heteroatoms. The van der Waals surface area contributed by atoms with Crippen LogP contribution >= 0.6 is 0 Å². The first kappa shape index (κ1) is 10.7. The van der Waals surface area contributed by atoms with Crippen molar-refractivity contribution in [3.05, 3.63) is 48.4 Å². The smallest absolute Gasteiger partial charge is 0.250 e. The van der Waals surface area contributed by atoms with Gasteiger partial charge in [0.25, 0.3) is 0 Å². The minimum atomic E-state index is 0.401. The summed E-state index contributed by atoms with van der Waals surface area (Å²) in [6.45, 7) is 5.63. The van der Waals surface area contributed by atoms with Gasteiger partial charge in [-0.3, -0.25) is 0 Å². The lowest BCUT2D eigenvalue weighted by Gasteiger charge is -2.03. The number of fused-ring (bicyclic) bond motifs is 1. The Morgan fingerprint density at radius 1 is 1.22 bits per heavy atom. The van der Waals surface area contributed by atoms with E-state index in [9.17, 15) is 0 Å². The topological polar surface area (TPSA) is 51.8 Å². The number of rotatable bonds is 2. The van der Waals surface area contributed by atoms with Gasteiger partial charge in [0.2, 0.25) is 11.7 Å². The van der Waals surface area contributed by atoms with E-state index in [0.29, 0.717) is 17.4 Å². The Kier molecular flexibility index (Phi) is 2.41. The number of nitrogens with zero attached hydrogens (tertiary/aromatic N) is 3. The summed E-state index contributed by atoms with van der Waals surface area (Å²) in [5.41, 5.74) is 2.78. The monoisotopic (exact) mass is 237 g/mol. The second-order valence-corrected chi connectivity index (χ2v) is 4.00. The molecule has 88 valence electrons. The summed E-state index contributed by atoms with van der Waals surface area (Å²) in [5.74, 6) is 0.886. The largest absolute Gasteiger partial charge is 0.334 e.